The Labute approximate surface area is 159 Å². The summed E-state index contributed by atoms with van der Waals surface area (Å²) in [6.45, 7) is 9.57. The van der Waals surface area contributed by atoms with Crippen LogP contribution in [0.2, 0.25) is 0 Å². The van der Waals surface area contributed by atoms with Gasteiger partial charge in [0.05, 0.1) is 0 Å². The lowest BCUT2D eigenvalue weighted by molar-refractivity contribution is 0.195. The minimum absolute atomic E-state index is 0. The van der Waals surface area contributed by atoms with Crippen LogP contribution in [0.25, 0.3) is 0 Å². The number of guanidine groups is 1. The maximum absolute atomic E-state index is 4.54. The normalized spacial score (nSPS) is 30.0. The largest absolute Gasteiger partial charge is 0.355 e. The number of fused-ring (bicyclic) bond motifs is 1. The Morgan fingerprint density at radius 3 is 2.22 bits per heavy atom. The monoisotopic (exact) mass is 434 g/mol. The molecule has 0 aromatic heterocycles. The Kier molecular flexibility index (Phi) is 7.92. The van der Waals surface area contributed by atoms with E-state index in [1.165, 1.54) is 64.7 Å². The topological polar surface area (TPSA) is 30.9 Å². The van der Waals surface area contributed by atoms with Gasteiger partial charge in [-0.3, -0.25) is 4.99 Å². The van der Waals surface area contributed by atoms with Gasteiger partial charge >= 0.3 is 0 Å². The second kappa shape index (κ2) is 9.44. The third-order valence-electron chi connectivity index (χ3n) is 6.08. The van der Waals surface area contributed by atoms with Crippen LogP contribution >= 0.6 is 24.0 Å². The van der Waals surface area contributed by atoms with E-state index >= 15 is 0 Å². The van der Waals surface area contributed by atoms with Gasteiger partial charge in [-0.25, -0.2) is 0 Å². The van der Waals surface area contributed by atoms with Crippen molar-refractivity contribution in [3.8, 4) is 0 Å². The Hall–Kier alpha value is -0.0400. The fourth-order valence-corrected chi connectivity index (χ4v) is 4.52. The third kappa shape index (κ3) is 5.21. The van der Waals surface area contributed by atoms with E-state index in [0.717, 1.165) is 36.8 Å². The number of hydrogen-bond acceptors (Lipinski definition) is 2. The van der Waals surface area contributed by atoms with Gasteiger partial charge in [0.25, 0.3) is 0 Å². The molecule has 1 N–H and O–H groups in total. The van der Waals surface area contributed by atoms with Crippen LogP contribution in [0.15, 0.2) is 4.99 Å². The van der Waals surface area contributed by atoms with E-state index in [0.29, 0.717) is 0 Å². The first-order chi connectivity index (χ1) is 10.8. The molecular weight excluding hydrogens is 399 g/mol. The van der Waals surface area contributed by atoms with Crippen LogP contribution in [0.3, 0.4) is 0 Å². The molecule has 3 fully saturated rings. The van der Waals surface area contributed by atoms with Crippen molar-refractivity contribution in [1.29, 1.82) is 0 Å². The predicted molar refractivity (Wildman–Crippen MR) is 109 cm³/mol. The molecule has 2 aliphatic heterocycles. The quantitative estimate of drug-likeness (QED) is 0.421. The molecule has 5 heteroatoms. The average molecular weight is 434 g/mol. The SMILES string of the molecule is CN=C(NCCN1CCC(C)CC1)N1CC2CCCCC2C1.I. The molecular formula is C18H35IN4. The number of nitrogens with zero attached hydrogens (tertiary/aromatic N) is 3. The average Bonchev–Trinajstić information content (AvgIpc) is 2.97. The minimum Gasteiger partial charge on any atom is -0.355 e. The van der Waals surface area contributed by atoms with Crippen LogP contribution < -0.4 is 5.32 Å². The van der Waals surface area contributed by atoms with Gasteiger partial charge in [-0.05, 0) is 56.5 Å². The van der Waals surface area contributed by atoms with Crippen LogP contribution in [0.4, 0.5) is 0 Å². The van der Waals surface area contributed by atoms with Crippen molar-refractivity contribution in [2.45, 2.75) is 45.4 Å². The Morgan fingerprint density at radius 1 is 1.04 bits per heavy atom. The van der Waals surface area contributed by atoms with Crippen molar-refractivity contribution >= 4 is 29.9 Å². The highest BCUT2D eigenvalue weighted by Gasteiger charge is 2.35. The second-order valence-electron chi connectivity index (χ2n) is 7.71. The van der Waals surface area contributed by atoms with E-state index in [4.69, 9.17) is 0 Å². The molecule has 2 heterocycles. The van der Waals surface area contributed by atoms with Crippen molar-refractivity contribution in [3.05, 3.63) is 0 Å². The molecule has 1 aliphatic carbocycles. The van der Waals surface area contributed by atoms with Gasteiger partial charge in [0.2, 0.25) is 0 Å². The molecule has 3 rings (SSSR count). The molecule has 134 valence electrons. The molecule has 2 unspecified atom stereocenters. The van der Waals surface area contributed by atoms with E-state index in [2.05, 4.69) is 27.0 Å². The summed E-state index contributed by atoms with van der Waals surface area (Å²) in [5.41, 5.74) is 0. The molecule has 0 radical (unpaired) electrons. The first-order valence-corrected chi connectivity index (χ1v) is 9.44. The van der Waals surface area contributed by atoms with Gasteiger partial charge in [-0.2, -0.15) is 0 Å². The first kappa shape index (κ1) is 19.3. The van der Waals surface area contributed by atoms with Crippen LogP contribution in [0, 0.1) is 17.8 Å². The van der Waals surface area contributed by atoms with Gasteiger partial charge < -0.3 is 15.1 Å². The van der Waals surface area contributed by atoms with Crippen LogP contribution in [-0.2, 0) is 0 Å². The standard InChI is InChI=1S/C18H34N4.HI/c1-15-7-10-21(11-8-15)12-9-20-18(19-2)22-13-16-5-3-4-6-17(16)14-22;/h15-17H,3-14H2,1-2H3,(H,19,20);1H. The lowest BCUT2D eigenvalue weighted by Crippen LogP contribution is -2.44. The highest BCUT2D eigenvalue weighted by molar-refractivity contribution is 14.0. The van der Waals surface area contributed by atoms with Crippen LogP contribution in [0.1, 0.15) is 45.4 Å². The fraction of sp³-hybridized carbons (Fsp3) is 0.944. The Morgan fingerprint density at radius 2 is 1.65 bits per heavy atom. The molecule has 0 bridgehead atoms. The Balaban J connectivity index is 0.00000192. The molecule has 0 aromatic rings. The minimum atomic E-state index is 0. The number of nitrogens with one attached hydrogen (secondary N) is 1. The van der Waals surface area contributed by atoms with Gasteiger partial charge in [-0.15, -0.1) is 24.0 Å². The summed E-state index contributed by atoms with van der Waals surface area (Å²) >= 11 is 0. The first-order valence-electron chi connectivity index (χ1n) is 9.44. The van der Waals surface area contributed by atoms with Crippen molar-refractivity contribution in [3.63, 3.8) is 0 Å². The number of piperidine rings is 1. The third-order valence-corrected chi connectivity index (χ3v) is 6.08. The van der Waals surface area contributed by atoms with E-state index < -0.39 is 0 Å². The maximum atomic E-state index is 4.54. The molecule has 1 saturated carbocycles. The summed E-state index contributed by atoms with van der Waals surface area (Å²) in [7, 11) is 1.94. The molecule has 23 heavy (non-hydrogen) atoms. The van der Waals surface area contributed by atoms with Crippen molar-refractivity contribution < 1.29 is 0 Å². The van der Waals surface area contributed by atoms with E-state index in [9.17, 15) is 0 Å². The van der Waals surface area contributed by atoms with E-state index in [1.807, 2.05) is 7.05 Å². The summed E-state index contributed by atoms with van der Waals surface area (Å²) in [6.07, 6.45) is 8.48. The lowest BCUT2D eigenvalue weighted by Gasteiger charge is -2.30. The number of aliphatic imine (C=N–C) groups is 1. The van der Waals surface area contributed by atoms with Gasteiger partial charge in [0.1, 0.15) is 0 Å². The molecule has 3 aliphatic rings. The zero-order valence-corrected chi connectivity index (χ0v) is 17.3. The smallest absolute Gasteiger partial charge is 0.193 e. The highest BCUT2D eigenvalue weighted by atomic mass is 127. The zero-order valence-electron chi connectivity index (χ0n) is 15.0. The zero-order chi connectivity index (χ0) is 15.4. The summed E-state index contributed by atoms with van der Waals surface area (Å²) < 4.78 is 0. The van der Waals surface area contributed by atoms with Crippen molar-refractivity contribution in [2.24, 2.45) is 22.7 Å². The second-order valence-corrected chi connectivity index (χ2v) is 7.71. The fourth-order valence-electron chi connectivity index (χ4n) is 4.52. The molecule has 4 nitrogen and oxygen atoms in total. The van der Waals surface area contributed by atoms with Crippen molar-refractivity contribution in [1.82, 2.24) is 15.1 Å². The van der Waals surface area contributed by atoms with Crippen LogP contribution in [-0.4, -0.2) is 62.1 Å². The predicted octanol–water partition coefficient (Wildman–Crippen LogP) is 3.03. The number of rotatable bonds is 3. The molecule has 2 atom stereocenters. The van der Waals surface area contributed by atoms with E-state index in [-0.39, 0.29) is 24.0 Å². The highest BCUT2D eigenvalue weighted by Crippen LogP contribution is 2.35. The van der Waals surface area contributed by atoms with E-state index in [1.54, 1.807) is 0 Å². The summed E-state index contributed by atoms with van der Waals surface area (Å²) in [4.78, 5) is 9.65. The number of likely N-dealkylation sites (tertiary alicyclic amines) is 2. The van der Waals surface area contributed by atoms with Gasteiger partial charge in [-0.1, -0.05) is 19.8 Å². The number of hydrogen-bond donors (Lipinski definition) is 1. The molecule has 2 saturated heterocycles. The summed E-state index contributed by atoms with van der Waals surface area (Å²) in [6, 6.07) is 0. The lowest BCUT2D eigenvalue weighted by atomic mass is 9.82. The van der Waals surface area contributed by atoms with Crippen molar-refractivity contribution in [2.75, 3.05) is 46.3 Å². The van der Waals surface area contributed by atoms with Gasteiger partial charge in [0.15, 0.2) is 5.96 Å². The molecule has 0 amide bonds. The maximum Gasteiger partial charge on any atom is 0.193 e. The number of halogens is 1. The molecule has 0 aromatic carbocycles. The molecule has 0 spiro atoms. The Bertz CT molecular complexity index is 365. The van der Waals surface area contributed by atoms with Crippen LogP contribution in [0.5, 0.6) is 0 Å². The summed E-state index contributed by atoms with van der Waals surface area (Å²) in [5, 5.41) is 3.61. The van der Waals surface area contributed by atoms with Gasteiger partial charge in [0, 0.05) is 33.2 Å². The summed E-state index contributed by atoms with van der Waals surface area (Å²) in [5.74, 6) is 3.91.